The fraction of sp³-hybridized carbons (Fsp3) is 0.385. The van der Waals surface area contributed by atoms with Gasteiger partial charge in [0.15, 0.2) is 0 Å². The van der Waals surface area contributed by atoms with E-state index in [-0.39, 0.29) is 23.8 Å². The topological polar surface area (TPSA) is 69.6 Å². The Balaban J connectivity index is 2.05. The summed E-state index contributed by atoms with van der Waals surface area (Å²) >= 11 is 5.74. The summed E-state index contributed by atoms with van der Waals surface area (Å²) < 4.78 is 37.5. The predicted molar refractivity (Wildman–Crippen MR) is 72.8 cm³/mol. The molecular weight excluding hydrogens is 325 g/mol. The molecule has 1 fully saturated rings. The van der Waals surface area contributed by atoms with E-state index in [9.17, 15) is 22.8 Å². The number of hydrogen-bond acceptors (Lipinski definition) is 2. The molecule has 0 radical (unpaired) electrons. The van der Waals surface area contributed by atoms with E-state index < -0.39 is 29.7 Å². The van der Waals surface area contributed by atoms with Crippen molar-refractivity contribution in [3.8, 4) is 0 Å². The first-order valence-electron chi connectivity index (χ1n) is 6.34. The maximum absolute atomic E-state index is 12.5. The number of rotatable bonds is 2. The zero-order valence-corrected chi connectivity index (χ0v) is 11.9. The minimum absolute atomic E-state index is 0.0402. The monoisotopic (exact) mass is 336 g/mol. The first-order valence-corrected chi connectivity index (χ1v) is 6.72. The number of nitrogens with zero attached hydrogens (tertiary/aromatic N) is 1. The van der Waals surface area contributed by atoms with Crippen molar-refractivity contribution in [2.75, 3.05) is 18.4 Å². The molecule has 1 unspecified atom stereocenters. The number of anilines is 1. The lowest BCUT2D eigenvalue weighted by Crippen LogP contribution is -2.33. The minimum Gasteiger partial charge on any atom is -0.481 e. The number of halogens is 4. The molecular formula is C13H12ClF3N2O3. The molecule has 2 N–H and O–H groups in total. The molecule has 1 aromatic carbocycles. The van der Waals surface area contributed by atoms with Crippen molar-refractivity contribution in [2.24, 2.45) is 5.92 Å². The summed E-state index contributed by atoms with van der Waals surface area (Å²) in [5.41, 5.74) is -0.874. The van der Waals surface area contributed by atoms with Crippen molar-refractivity contribution >= 4 is 29.3 Å². The summed E-state index contributed by atoms with van der Waals surface area (Å²) in [6.45, 7) is 0.320. The van der Waals surface area contributed by atoms with E-state index in [1.54, 1.807) is 0 Å². The van der Waals surface area contributed by atoms with Crippen LogP contribution in [-0.2, 0) is 11.0 Å². The molecule has 9 heteroatoms. The van der Waals surface area contributed by atoms with Gasteiger partial charge in [0.2, 0.25) is 0 Å². The van der Waals surface area contributed by atoms with Gasteiger partial charge in [-0.2, -0.15) is 13.2 Å². The molecule has 120 valence electrons. The Bertz CT molecular complexity index is 607. The lowest BCUT2D eigenvalue weighted by Gasteiger charge is -2.18. The largest absolute Gasteiger partial charge is 0.481 e. The average molecular weight is 337 g/mol. The molecule has 1 saturated heterocycles. The van der Waals surface area contributed by atoms with Gasteiger partial charge in [0.25, 0.3) is 0 Å². The van der Waals surface area contributed by atoms with E-state index in [4.69, 9.17) is 16.7 Å². The van der Waals surface area contributed by atoms with Gasteiger partial charge in [-0.25, -0.2) is 4.79 Å². The van der Waals surface area contributed by atoms with Crippen molar-refractivity contribution < 1.29 is 27.9 Å². The second-order valence-electron chi connectivity index (χ2n) is 4.89. The van der Waals surface area contributed by atoms with Gasteiger partial charge in [0.05, 0.1) is 22.2 Å². The van der Waals surface area contributed by atoms with E-state index in [0.717, 1.165) is 18.2 Å². The smallest absolute Gasteiger partial charge is 0.416 e. The van der Waals surface area contributed by atoms with Crippen LogP contribution in [-0.4, -0.2) is 35.1 Å². The van der Waals surface area contributed by atoms with Crippen molar-refractivity contribution in [1.82, 2.24) is 4.90 Å². The molecule has 0 aromatic heterocycles. The number of aliphatic carboxylic acids is 1. The van der Waals surface area contributed by atoms with Crippen LogP contribution in [0.25, 0.3) is 0 Å². The number of carboxylic acid groups (broad SMARTS) is 1. The third kappa shape index (κ3) is 3.62. The van der Waals surface area contributed by atoms with E-state index in [0.29, 0.717) is 6.42 Å². The number of urea groups is 1. The standard InChI is InChI=1S/C13H12ClF3N2O3/c14-9-5-8(13(15,16)17)1-2-10(9)18-12(22)19-4-3-7(6-19)11(20)21/h1-2,5,7H,3-4,6H2,(H,18,22)(H,20,21). The predicted octanol–water partition coefficient (Wildman–Crippen LogP) is 3.30. The molecule has 1 aromatic rings. The highest BCUT2D eigenvalue weighted by molar-refractivity contribution is 6.33. The molecule has 2 amide bonds. The first-order chi connectivity index (χ1) is 10.2. The summed E-state index contributed by atoms with van der Waals surface area (Å²) in [7, 11) is 0. The summed E-state index contributed by atoms with van der Waals surface area (Å²) in [5, 5.41) is 11.0. The lowest BCUT2D eigenvalue weighted by atomic mass is 10.1. The maximum atomic E-state index is 12.5. The van der Waals surface area contributed by atoms with Crippen molar-refractivity contribution in [2.45, 2.75) is 12.6 Å². The number of carbonyl (C=O) groups excluding carboxylic acids is 1. The van der Waals surface area contributed by atoms with Gasteiger partial charge < -0.3 is 15.3 Å². The maximum Gasteiger partial charge on any atom is 0.416 e. The molecule has 5 nitrogen and oxygen atoms in total. The highest BCUT2D eigenvalue weighted by Gasteiger charge is 2.32. The molecule has 0 aliphatic carbocycles. The van der Waals surface area contributed by atoms with Gasteiger partial charge in [-0.15, -0.1) is 0 Å². The molecule has 0 bridgehead atoms. The molecule has 1 atom stereocenters. The van der Waals surface area contributed by atoms with E-state index >= 15 is 0 Å². The number of alkyl halides is 3. The number of carbonyl (C=O) groups is 2. The fourth-order valence-corrected chi connectivity index (χ4v) is 2.36. The number of amides is 2. The average Bonchev–Trinajstić information content (AvgIpc) is 2.89. The van der Waals surface area contributed by atoms with Crippen LogP contribution in [0, 0.1) is 5.92 Å². The molecule has 2 rings (SSSR count). The second kappa shape index (κ2) is 6.04. The van der Waals surface area contributed by atoms with Gasteiger partial charge in [-0.05, 0) is 24.6 Å². The number of likely N-dealkylation sites (tertiary alicyclic amines) is 1. The number of hydrogen-bond donors (Lipinski definition) is 2. The van der Waals surface area contributed by atoms with Gasteiger partial charge in [-0.3, -0.25) is 4.79 Å². The Morgan fingerprint density at radius 1 is 1.36 bits per heavy atom. The zero-order valence-electron chi connectivity index (χ0n) is 11.2. The Morgan fingerprint density at radius 3 is 2.55 bits per heavy atom. The summed E-state index contributed by atoms with van der Waals surface area (Å²) in [5.74, 6) is -1.61. The van der Waals surface area contributed by atoms with Crippen LogP contribution in [0.2, 0.25) is 5.02 Å². The zero-order chi connectivity index (χ0) is 16.5. The Hall–Kier alpha value is -1.96. The van der Waals surface area contributed by atoms with Gasteiger partial charge >= 0.3 is 18.2 Å². The third-order valence-electron chi connectivity index (χ3n) is 3.36. The normalized spacial score (nSPS) is 18.4. The van der Waals surface area contributed by atoms with Crippen LogP contribution in [0.3, 0.4) is 0 Å². The summed E-state index contributed by atoms with van der Waals surface area (Å²) in [4.78, 5) is 24.1. The van der Waals surface area contributed by atoms with Gasteiger partial charge in [0, 0.05) is 13.1 Å². The van der Waals surface area contributed by atoms with Crippen molar-refractivity contribution in [3.05, 3.63) is 28.8 Å². The van der Waals surface area contributed by atoms with Crippen LogP contribution in [0.5, 0.6) is 0 Å². The number of nitrogens with one attached hydrogen (secondary N) is 1. The Labute approximate surface area is 128 Å². The molecule has 1 aliphatic rings. The lowest BCUT2D eigenvalue weighted by molar-refractivity contribution is -0.141. The van der Waals surface area contributed by atoms with Crippen molar-refractivity contribution in [3.63, 3.8) is 0 Å². The number of carboxylic acids is 1. The van der Waals surface area contributed by atoms with E-state index in [1.807, 2.05) is 0 Å². The molecule has 0 saturated carbocycles. The molecule has 0 spiro atoms. The molecule has 1 heterocycles. The van der Waals surface area contributed by atoms with Crippen LogP contribution < -0.4 is 5.32 Å². The number of benzene rings is 1. The van der Waals surface area contributed by atoms with Crippen LogP contribution >= 0.6 is 11.6 Å². The Morgan fingerprint density at radius 2 is 2.05 bits per heavy atom. The molecule has 1 aliphatic heterocycles. The quantitative estimate of drug-likeness (QED) is 0.870. The van der Waals surface area contributed by atoms with Gasteiger partial charge in [0.1, 0.15) is 0 Å². The van der Waals surface area contributed by atoms with Crippen molar-refractivity contribution in [1.29, 1.82) is 0 Å². The first kappa shape index (κ1) is 16.4. The van der Waals surface area contributed by atoms with E-state index in [1.165, 1.54) is 4.90 Å². The second-order valence-corrected chi connectivity index (χ2v) is 5.30. The van der Waals surface area contributed by atoms with Gasteiger partial charge in [-0.1, -0.05) is 11.6 Å². The van der Waals surface area contributed by atoms with Crippen LogP contribution in [0.15, 0.2) is 18.2 Å². The summed E-state index contributed by atoms with van der Waals surface area (Å²) in [6, 6.07) is 2.01. The minimum atomic E-state index is -4.52. The van der Waals surface area contributed by atoms with Crippen LogP contribution in [0.4, 0.5) is 23.7 Å². The third-order valence-corrected chi connectivity index (χ3v) is 3.68. The Kier molecular flexibility index (Phi) is 4.50. The SMILES string of the molecule is O=C(O)C1CCN(C(=O)Nc2ccc(C(F)(F)F)cc2Cl)C1. The summed E-state index contributed by atoms with van der Waals surface area (Å²) in [6.07, 6.45) is -4.18. The van der Waals surface area contributed by atoms with E-state index in [2.05, 4.69) is 5.32 Å². The highest BCUT2D eigenvalue weighted by atomic mass is 35.5. The molecule has 22 heavy (non-hydrogen) atoms. The van der Waals surface area contributed by atoms with Crippen LogP contribution in [0.1, 0.15) is 12.0 Å². The highest BCUT2D eigenvalue weighted by Crippen LogP contribution is 2.34. The fourth-order valence-electron chi connectivity index (χ4n) is 2.13.